The molecule has 0 saturated heterocycles. The number of rotatable bonds is 2. The topological polar surface area (TPSA) is 13.1 Å². The SMILES string of the molecule is CC1(C)c2cc(-c3cc4ccc5cccc6ccc(c3)c4c56)ccc2-c2ccc3cccc(-c4ccc5c(c4)oc4ccccc45)c3c21. The van der Waals surface area contributed by atoms with E-state index in [0.717, 1.165) is 21.9 Å². The molecule has 0 fully saturated rings. The normalized spacial score (nSPS) is 13.8. The van der Waals surface area contributed by atoms with Gasteiger partial charge < -0.3 is 4.42 Å². The highest BCUT2D eigenvalue weighted by atomic mass is 16.3. The van der Waals surface area contributed by atoms with Gasteiger partial charge >= 0.3 is 0 Å². The van der Waals surface area contributed by atoms with Gasteiger partial charge in [0.15, 0.2) is 0 Å². The van der Waals surface area contributed by atoms with Gasteiger partial charge in [0.1, 0.15) is 11.2 Å². The maximum absolute atomic E-state index is 6.33. The summed E-state index contributed by atoms with van der Waals surface area (Å²) in [5.41, 5.74) is 12.1. The third-order valence-corrected chi connectivity index (χ3v) is 11.1. The maximum atomic E-state index is 6.33. The Morgan fingerprint density at radius 3 is 1.83 bits per heavy atom. The lowest BCUT2D eigenvalue weighted by Crippen LogP contribution is -2.16. The molecule has 1 aliphatic rings. The van der Waals surface area contributed by atoms with Crippen LogP contribution in [-0.2, 0) is 5.41 Å². The second-order valence-corrected chi connectivity index (χ2v) is 14.1. The summed E-state index contributed by atoms with van der Waals surface area (Å²) in [5, 5.41) is 12.9. The van der Waals surface area contributed by atoms with Crippen molar-refractivity contribution in [3.63, 3.8) is 0 Å². The zero-order valence-corrected chi connectivity index (χ0v) is 26.8. The standard InChI is InChI=1S/C47H30O/c1-47(2)40-25-30(34-23-32-15-13-27-7-5-8-28-14-16-33(24-34)44(32)43(27)28)18-20-36(40)39-22-17-29-9-6-11-35(45(29)46(39)47)31-19-21-38-37-10-3-4-12-41(37)48-42(38)26-31/h3-26H,1-2H3. The Kier molecular flexibility index (Phi) is 4.97. The molecule has 0 saturated carbocycles. The molecule has 0 spiro atoms. The molecule has 1 nitrogen and oxygen atoms in total. The molecule has 1 heterocycles. The molecule has 0 bridgehead atoms. The van der Waals surface area contributed by atoms with E-state index in [-0.39, 0.29) is 5.41 Å². The monoisotopic (exact) mass is 610 g/mol. The van der Waals surface area contributed by atoms with Gasteiger partial charge in [-0.15, -0.1) is 0 Å². The van der Waals surface area contributed by atoms with Gasteiger partial charge in [0.2, 0.25) is 0 Å². The van der Waals surface area contributed by atoms with E-state index >= 15 is 0 Å². The number of para-hydroxylation sites is 1. The van der Waals surface area contributed by atoms with Crippen LogP contribution >= 0.6 is 0 Å². The van der Waals surface area contributed by atoms with Crippen molar-refractivity contribution in [1.82, 2.24) is 0 Å². The van der Waals surface area contributed by atoms with Crippen molar-refractivity contribution >= 4 is 65.0 Å². The zero-order valence-electron chi connectivity index (χ0n) is 26.8. The van der Waals surface area contributed by atoms with E-state index < -0.39 is 0 Å². The largest absolute Gasteiger partial charge is 0.456 e. The lowest BCUT2D eigenvalue weighted by atomic mass is 9.78. The second kappa shape index (κ2) is 9.12. The molecule has 11 rings (SSSR count). The highest BCUT2D eigenvalue weighted by Gasteiger charge is 2.38. The van der Waals surface area contributed by atoms with E-state index in [1.165, 1.54) is 87.6 Å². The van der Waals surface area contributed by atoms with Gasteiger partial charge in [0, 0.05) is 16.2 Å². The first-order valence-corrected chi connectivity index (χ1v) is 16.8. The number of hydrogen-bond acceptors (Lipinski definition) is 1. The molecule has 0 N–H and O–H groups in total. The highest BCUT2D eigenvalue weighted by Crippen LogP contribution is 2.54. The summed E-state index contributed by atoms with van der Waals surface area (Å²) < 4.78 is 6.33. The molecule has 0 unspecified atom stereocenters. The quantitative estimate of drug-likeness (QED) is 0.178. The summed E-state index contributed by atoms with van der Waals surface area (Å²) in [7, 11) is 0. The molecule has 1 aliphatic carbocycles. The Hall–Kier alpha value is -5.92. The van der Waals surface area contributed by atoms with E-state index in [4.69, 9.17) is 4.42 Å². The van der Waals surface area contributed by atoms with Crippen molar-refractivity contribution < 1.29 is 4.42 Å². The van der Waals surface area contributed by atoms with Crippen LogP contribution in [0.2, 0.25) is 0 Å². The Bertz CT molecular complexity index is 2910. The van der Waals surface area contributed by atoms with Crippen molar-refractivity contribution in [1.29, 1.82) is 0 Å². The maximum Gasteiger partial charge on any atom is 0.136 e. The van der Waals surface area contributed by atoms with Crippen molar-refractivity contribution in [3.05, 3.63) is 157 Å². The van der Waals surface area contributed by atoms with Crippen molar-refractivity contribution in [2.24, 2.45) is 0 Å². The van der Waals surface area contributed by atoms with Gasteiger partial charge in [-0.1, -0.05) is 123 Å². The number of benzene rings is 9. The van der Waals surface area contributed by atoms with Crippen LogP contribution in [0.3, 0.4) is 0 Å². The lowest BCUT2D eigenvalue weighted by molar-refractivity contribution is 0.666. The van der Waals surface area contributed by atoms with E-state index in [9.17, 15) is 0 Å². The highest BCUT2D eigenvalue weighted by molar-refractivity contribution is 6.23. The minimum atomic E-state index is -0.185. The molecule has 9 aromatic carbocycles. The third-order valence-electron chi connectivity index (χ3n) is 11.1. The molecular weight excluding hydrogens is 581 g/mol. The zero-order chi connectivity index (χ0) is 31.7. The van der Waals surface area contributed by atoms with Crippen LogP contribution in [0.5, 0.6) is 0 Å². The Morgan fingerprint density at radius 2 is 1.02 bits per heavy atom. The van der Waals surface area contributed by atoms with E-state index in [2.05, 4.69) is 153 Å². The fourth-order valence-electron chi connectivity index (χ4n) is 8.92. The summed E-state index contributed by atoms with van der Waals surface area (Å²) in [5.74, 6) is 0. The summed E-state index contributed by atoms with van der Waals surface area (Å²) in [4.78, 5) is 0. The van der Waals surface area contributed by atoms with Gasteiger partial charge in [0.25, 0.3) is 0 Å². The van der Waals surface area contributed by atoms with Crippen molar-refractivity contribution in [2.75, 3.05) is 0 Å². The Morgan fingerprint density at radius 1 is 0.396 bits per heavy atom. The molecule has 0 amide bonds. The first-order valence-electron chi connectivity index (χ1n) is 16.8. The summed E-state index contributed by atoms with van der Waals surface area (Å²) in [6.07, 6.45) is 0. The van der Waals surface area contributed by atoms with Gasteiger partial charge in [0.05, 0.1) is 0 Å². The molecular formula is C47H30O. The minimum Gasteiger partial charge on any atom is -0.456 e. The van der Waals surface area contributed by atoms with Crippen LogP contribution in [0.25, 0.3) is 98.4 Å². The fraction of sp³-hybridized carbons (Fsp3) is 0.0638. The van der Waals surface area contributed by atoms with Crippen molar-refractivity contribution in [2.45, 2.75) is 19.3 Å². The first kappa shape index (κ1) is 26.2. The average Bonchev–Trinajstić information content (AvgIpc) is 3.61. The van der Waals surface area contributed by atoms with Crippen LogP contribution in [0, 0.1) is 0 Å². The van der Waals surface area contributed by atoms with Crippen LogP contribution in [0.1, 0.15) is 25.0 Å². The van der Waals surface area contributed by atoms with Crippen LogP contribution in [0.4, 0.5) is 0 Å². The minimum absolute atomic E-state index is 0.185. The Balaban J connectivity index is 1.09. The van der Waals surface area contributed by atoms with Crippen LogP contribution in [-0.4, -0.2) is 0 Å². The molecule has 0 radical (unpaired) electrons. The molecule has 0 aliphatic heterocycles. The van der Waals surface area contributed by atoms with E-state index in [0.29, 0.717) is 0 Å². The molecule has 48 heavy (non-hydrogen) atoms. The smallest absolute Gasteiger partial charge is 0.136 e. The van der Waals surface area contributed by atoms with Gasteiger partial charge in [-0.05, 0) is 124 Å². The van der Waals surface area contributed by atoms with Gasteiger partial charge in [-0.3, -0.25) is 0 Å². The fourth-order valence-corrected chi connectivity index (χ4v) is 8.92. The predicted octanol–water partition coefficient (Wildman–Crippen LogP) is 13.3. The first-order chi connectivity index (χ1) is 23.5. The lowest BCUT2D eigenvalue weighted by Gasteiger charge is -2.25. The van der Waals surface area contributed by atoms with E-state index in [1.807, 2.05) is 6.07 Å². The summed E-state index contributed by atoms with van der Waals surface area (Å²) in [6.45, 7) is 4.81. The van der Waals surface area contributed by atoms with E-state index in [1.54, 1.807) is 0 Å². The molecule has 10 aromatic rings. The summed E-state index contributed by atoms with van der Waals surface area (Å²) in [6, 6.07) is 54.0. The average molecular weight is 611 g/mol. The number of furan rings is 1. The number of hydrogen-bond donors (Lipinski definition) is 0. The molecule has 1 heteroatoms. The third kappa shape index (κ3) is 3.40. The van der Waals surface area contributed by atoms with Gasteiger partial charge in [-0.2, -0.15) is 0 Å². The van der Waals surface area contributed by atoms with Crippen LogP contribution < -0.4 is 0 Å². The molecule has 224 valence electrons. The van der Waals surface area contributed by atoms with Gasteiger partial charge in [-0.25, -0.2) is 0 Å². The molecule has 0 atom stereocenters. The van der Waals surface area contributed by atoms with Crippen molar-refractivity contribution in [3.8, 4) is 33.4 Å². The van der Waals surface area contributed by atoms with Crippen LogP contribution in [0.15, 0.2) is 150 Å². The molecule has 1 aromatic heterocycles. The number of fused-ring (bicyclic) bond motifs is 8. The Labute approximate surface area is 278 Å². The second-order valence-electron chi connectivity index (χ2n) is 14.1. The predicted molar refractivity (Wildman–Crippen MR) is 203 cm³/mol. The summed E-state index contributed by atoms with van der Waals surface area (Å²) >= 11 is 0.